The maximum absolute atomic E-state index is 11.8. The molecule has 0 radical (unpaired) electrons. The van der Waals surface area contributed by atoms with Gasteiger partial charge in [-0.15, -0.1) is 0 Å². The van der Waals surface area contributed by atoms with Crippen LogP contribution in [-0.4, -0.2) is 44.5 Å². The van der Waals surface area contributed by atoms with Crippen LogP contribution in [0.2, 0.25) is 0 Å². The minimum atomic E-state index is -3.71. The zero-order valence-electron chi connectivity index (χ0n) is 18.5. The molecule has 0 bridgehead atoms. The smallest absolute Gasteiger partial charge is 0.192 e. The number of quaternary nitrogens is 1. The summed E-state index contributed by atoms with van der Waals surface area (Å²) in [5.74, 6) is 0.656. The van der Waals surface area contributed by atoms with Crippen molar-refractivity contribution < 1.29 is 18.5 Å². The first kappa shape index (κ1) is 27.5. The first-order valence-electron chi connectivity index (χ1n) is 11.2. The third-order valence-corrected chi connectivity index (χ3v) is 7.86. The van der Waals surface area contributed by atoms with E-state index in [9.17, 15) is 9.46 Å². The predicted molar refractivity (Wildman–Crippen MR) is 119 cm³/mol. The van der Waals surface area contributed by atoms with Crippen molar-refractivity contribution in [3.63, 3.8) is 0 Å². The molecule has 0 saturated carbocycles. The highest BCUT2D eigenvalue weighted by Gasteiger charge is 2.12. The van der Waals surface area contributed by atoms with E-state index in [2.05, 4.69) is 6.92 Å². The maximum Gasteiger partial charge on any atom is 0.192 e. The molecule has 0 aliphatic rings. The standard InChI is InChI=1S/C21H46NO3PS/c1-5-6-7-8-9-10-11-12-13-14-15-16-17-18-21-27-26(23,24)25-20-19-22(2,3)4/h5-21H2,1-4H3. The second-order valence-electron chi connectivity index (χ2n) is 8.72. The summed E-state index contributed by atoms with van der Waals surface area (Å²) in [4.78, 5) is 11.8. The van der Waals surface area contributed by atoms with Crippen molar-refractivity contribution in [1.82, 2.24) is 0 Å². The number of nitrogens with zero attached hydrogens (tertiary/aromatic N) is 1. The molecule has 4 nitrogen and oxygen atoms in total. The van der Waals surface area contributed by atoms with E-state index < -0.39 is 6.80 Å². The minimum absolute atomic E-state index is 0.274. The summed E-state index contributed by atoms with van der Waals surface area (Å²) in [6.07, 6.45) is 18.5. The highest BCUT2D eigenvalue weighted by atomic mass is 32.7. The van der Waals surface area contributed by atoms with Crippen LogP contribution in [0.3, 0.4) is 0 Å². The molecular formula is C21H46NO3PS. The largest absolute Gasteiger partial charge is 0.770 e. The Morgan fingerprint density at radius 2 is 1.19 bits per heavy atom. The van der Waals surface area contributed by atoms with E-state index >= 15 is 0 Å². The van der Waals surface area contributed by atoms with Gasteiger partial charge in [-0.2, -0.15) is 0 Å². The molecule has 0 saturated heterocycles. The lowest BCUT2D eigenvalue weighted by Crippen LogP contribution is -2.37. The molecule has 0 fully saturated rings. The Kier molecular flexibility index (Phi) is 17.6. The quantitative estimate of drug-likeness (QED) is 0.129. The van der Waals surface area contributed by atoms with Gasteiger partial charge in [-0.25, -0.2) is 0 Å². The number of hydrogen-bond donors (Lipinski definition) is 0. The first-order valence-corrected chi connectivity index (χ1v) is 14.3. The summed E-state index contributed by atoms with van der Waals surface area (Å²) in [7, 11) is 6.09. The second kappa shape index (κ2) is 17.3. The van der Waals surface area contributed by atoms with E-state index in [0.717, 1.165) is 24.2 Å². The van der Waals surface area contributed by atoms with Gasteiger partial charge in [0.05, 0.1) is 21.1 Å². The van der Waals surface area contributed by atoms with Crippen molar-refractivity contribution in [2.45, 2.75) is 96.8 Å². The zero-order valence-corrected chi connectivity index (χ0v) is 20.3. The van der Waals surface area contributed by atoms with Crippen molar-refractivity contribution >= 4 is 18.2 Å². The molecular weight excluding hydrogens is 377 g/mol. The van der Waals surface area contributed by atoms with Crippen molar-refractivity contribution in [1.29, 1.82) is 0 Å². The molecule has 0 aromatic carbocycles. The molecule has 1 atom stereocenters. The summed E-state index contributed by atoms with van der Waals surface area (Å²) in [6, 6.07) is 0. The summed E-state index contributed by atoms with van der Waals surface area (Å²) in [5.41, 5.74) is 0. The molecule has 0 rings (SSSR count). The Bertz CT molecular complexity index is 375. The van der Waals surface area contributed by atoms with Gasteiger partial charge in [-0.1, -0.05) is 102 Å². The third-order valence-electron chi connectivity index (χ3n) is 4.76. The summed E-state index contributed by atoms with van der Waals surface area (Å²) < 4.78 is 17.6. The summed E-state index contributed by atoms with van der Waals surface area (Å²) in [5, 5.41) is 0. The predicted octanol–water partition coefficient (Wildman–Crippen LogP) is 6.39. The van der Waals surface area contributed by atoms with E-state index in [0.29, 0.717) is 16.8 Å². The van der Waals surface area contributed by atoms with E-state index in [1.807, 2.05) is 21.1 Å². The van der Waals surface area contributed by atoms with Crippen LogP contribution in [0.4, 0.5) is 0 Å². The Labute approximate surface area is 173 Å². The zero-order chi connectivity index (χ0) is 20.4. The van der Waals surface area contributed by atoms with Crippen LogP contribution in [0.1, 0.15) is 96.8 Å². The van der Waals surface area contributed by atoms with Gasteiger partial charge in [0.25, 0.3) is 0 Å². The lowest BCUT2D eigenvalue weighted by Gasteiger charge is -2.27. The van der Waals surface area contributed by atoms with Crippen molar-refractivity contribution in [3.05, 3.63) is 0 Å². The summed E-state index contributed by atoms with van der Waals surface area (Å²) in [6.45, 7) is -0.467. The number of hydrogen-bond acceptors (Lipinski definition) is 4. The molecule has 0 aromatic heterocycles. The molecule has 0 N–H and O–H groups in total. The van der Waals surface area contributed by atoms with Crippen LogP contribution in [0.25, 0.3) is 0 Å². The molecule has 0 aliphatic heterocycles. The SMILES string of the molecule is CCCCCCCCCCCCCCCCSP(=O)([O-])OCC[N+](C)(C)C. The first-order chi connectivity index (χ1) is 12.8. The van der Waals surface area contributed by atoms with Crippen molar-refractivity contribution in [2.75, 3.05) is 40.0 Å². The van der Waals surface area contributed by atoms with Crippen LogP contribution in [-0.2, 0) is 9.09 Å². The molecule has 6 heteroatoms. The Balaban J connectivity index is 3.31. The average molecular weight is 424 g/mol. The highest BCUT2D eigenvalue weighted by Crippen LogP contribution is 2.51. The average Bonchev–Trinajstić information content (AvgIpc) is 2.57. The summed E-state index contributed by atoms with van der Waals surface area (Å²) >= 11 is 0.984. The van der Waals surface area contributed by atoms with E-state index in [-0.39, 0.29) is 6.61 Å². The lowest BCUT2D eigenvalue weighted by atomic mass is 10.0. The number of likely N-dealkylation sites (N-methyl/N-ethyl adjacent to an activating group) is 1. The number of unbranched alkanes of at least 4 members (excludes halogenated alkanes) is 13. The Morgan fingerprint density at radius 1 is 0.778 bits per heavy atom. The fourth-order valence-electron chi connectivity index (χ4n) is 2.94. The van der Waals surface area contributed by atoms with E-state index in [1.54, 1.807) is 0 Å². The van der Waals surface area contributed by atoms with Gasteiger partial charge in [0, 0.05) is 5.75 Å². The van der Waals surface area contributed by atoms with Gasteiger partial charge in [-0.3, -0.25) is 4.57 Å². The van der Waals surface area contributed by atoms with Gasteiger partial charge < -0.3 is 13.9 Å². The monoisotopic (exact) mass is 423 g/mol. The Hall–Kier alpha value is 0.460. The second-order valence-corrected chi connectivity index (χ2v) is 12.7. The topological polar surface area (TPSA) is 49.4 Å². The maximum atomic E-state index is 11.8. The fraction of sp³-hybridized carbons (Fsp3) is 1.00. The van der Waals surface area contributed by atoms with E-state index in [1.165, 1.54) is 77.0 Å². The van der Waals surface area contributed by atoms with Crippen LogP contribution in [0, 0.1) is 0 Å². The number of rotatable bonds is 20. The molecule has 0 aromatic rings. The molecule has 0 spiro atoms. The molecule has 0 amide bonds. The molecule has 0 heterocycles. The van der Waals surface area contributed by atoms with Crippen molar-refractivity contribution in [2.24, 2.45) is 0 Å². The van der Waals surface area contributed by atoms with Crippen LogP contribution >= 0.6 is 18.2 Å². The highest BCUT2D eigenvalue weighted by molar-refractivity contribution is 8.54. The fourth-order valence-corrected chi connectivity index (χ4v) is 5.38. The van der Waals surface area contributed by atoms with Crippen LogP contribution in [0.15, 0.2) is 0 Å². The molecule has 0 aliphatic carbocycles. The van der Waals surface area contributed by atoms with Gasteiger partial charge in [0.1, 0.15) is 13.2 Å². The van der Waals surface area contributed by atoms with Crippen LogP contribution < -0.4 is 4.89 Å². The lowest BCUT2D eigenvalue weighted by molar-refractivity contribution is -0.870. The van der Waals surface area contributed by atoms with E-state index in [4.69, 9.17) is 4.52 Å². The molecule has 27 heavy (non-hydrogen) atoms. The normalized spacial score (nSPS) is 14.4. The molecule has 164 valence electrons. The van der Waals surface area contributed by atoms with Gasteiger partial charge in [0.15, 0.2) is 6.80 Å². The molecule has 1 unspecified atom stereocenters. The Morgan fingerprint density at radius 3 is 1.59 bits per heavy atom. The van der Waals surface area contributed by atoms with Gasteiger partial charge in [-0.05, 0) is 6.42 Å². The van der Waals surface area contributed by atoms with Crippen LogP contribution in [0.5, 0.6) is 0 Å². The third kappa shape index (κ3) is 22.6. The minimum Gasteiger partial charge on any atom is -0.770 e. The van der Waals surface area contributed by atoms with Gasteiger partial charge in [0.2, 0.25) is 0 Å². The van der Waals surface area contributed by atoms with Crippen molar-refractivity contribution in [3.8, 4) is 0 Å². The van der Waals surface area contributed by atoms with Gasteiger partial charge >= 0.3 is 0 Å².